The molecule has 0 spiro atoms. The van der Waals surface area contributed by atoms with E-state index in [1.54, 1.807) is 0 Å². The van der Waals surface area contributed by atoms with Crippen molar-refractivity contribution in [2.75, 3.05) is 26.3 Å². The Morgan fingerprint density at radius 3 is 1.74 bits per heavy atom. The Balaban J connectivity index is 1.73. The number of nitrogens with zero attached hydrogens (tertiary/aromatic N) is 1. The first-order valence-corrected chi connectivity index (χ1v) is 9.36. The van der Waals surface area contributed by atoms with E-state index in [0.717, 1.165) is 11.1 Å². The first-order valence-electron chi connectivity index (χ1n) is 9.36. The van der Waals surface area contributed by atoms with E-state index in [0.29, 0.717) is 26.3 Å². The van der Waals surface area contributed by atoms with Gasteiger partial charge in [-0.3, -0.25) is 4.79 Å². The third kappa shape index (κ3) is 3.23. The number of morpholine rings is 1. The molecule has 1 amide bonds. The number of carboxylic acids is 1. The Morgan fingerprint density at radius 1 is 0.815 bits per heavy atom. The average Bonchev–Trinajstić information content (AvgIpc) is 2.69. The van der Waals surface area contributed by atoms with E-state index < -0.39 is 17.8 Å². The summed E-state index contributed by atoms with van der Waals surface area (Å²) in [4.78, 5) is 27.2. The van der Waals surface area contributed by atoms with Gasteiger partial charge in [-0.15, -0.1) is 0 Å². The normalized spacial score (nSPS) is 27.6. The van der Waals surface area contributed by atoms with Crippen LogP contribution in [0.1, 0.15) is 23.0 Å². The molecule has 2 aromatic rings. The zero-order chi connectivity index (χ0) is 18.8. The van der Waals surface area contributed by atoms with Gasteiger partial charge in [0.2, 0.25) is 5.91 Å². The second-order valence-corrected chi connectivity index (χ2v) is 7.18. The highest BCUT2D eigenvalue weighted by atomic mass is 16.5. The van der Waals surface area contributed by atoms with Gasteiger partial charge in [0.15, 0.2) is 0 Å². The average molecular weight is 364 g/mol. The maximum atomic E-state index is 13.4. The molecule has 1 heterocycles. The minimum absolute atomic E-state index is 0.0125. The Labute approximate surface area is 158 Å². The largest absolute Gasteiger partial charge is 0.550 e. The lowest BCUT2D eigenvalue weighted by atomic mass is 9.52. The fourth-order valence-electron chi connectivity index (χ4n) is 4.52. The second-order valence-electron chi connectivity index (χ2n) is 7.18. The van der Waals surface area contributed by atoms with Crippen LogP contribution in [-0.2, 0) is 14.3 Å². The number of hydrogen-bond donors (Lipinski definition) is 0. The van der Waals surface area contributed by atoms with Crippen molar-refractivity contribution < 1.29 is 19.4 Å². The van der Waals surface area contributed by atoms with Crippen molar-refractivity contribution in [3.05, 3.63) is 71.8 Å². The van der Waals surface area contributed by atoms with Gasteiger partial charge in [0.05, 0.1) is 19.1 Å². The van der Waals surface area contributed by atoms with Gasteiger partial charge < -0.3 is 19.5 Å². The number of rotatable bonds is 4. The smallest absolute Gasteiger partial charge is 0.227 e. The van der Waals surface area contributed by atoms with Gasteiger partial charge in [0.25, 0.3) is 0 Å². The third-order valence-corrected chi connectivity index (χ3v) is 5.80. The summed E-state index contributed by atoms with van der Waals surface area (Å²) in [7, 11) is 0. The SMILES string of the molecule is O=C([O-])C1[C@@H](c2ccccc2)C(C(=O)N2CCOCC2)[C@@H]1c1ccccc1. The number of amides is 1. The number of hydrogen-bond acceptors (Lipinski definition) is 4. The van der Waals surface area contributed by atoms with Gasteiger partial charge in [0, 0.05) is 36.8 Å². The van der Waals surface area contributed by atoms with Crippen LogP contribution in [0.5, 0.6) is 0 Å². The molecule has 1 aliphatic heterocycles. The van der Waals surface area contributed by atoms with Crippen molar-refractivity contribution in [1.82, 2.24) is 4.90 Å². The summed E-state index contributed by atoms with van der Waals surface area (Å²) < 4.78 is 5.37. The van der Waals surface area contributed by atoms with E-state index in [9.17, 15) is 14.7 Å². The van der Waals surface area contributed by atoms with E-state index in [-0.39, 0.29) is 17.7 Å². The van der Waals surface area contributed by atoms with E-state index in [1.807, 2.05) is 65.6 Å². The Morgan fingerprint density at radius 2 is 1.30 bits per heavy atom. The molecule has 0 unspecified atom stereocenters. The maximum Gasteiger partial charge on any atom is 0.227 e. The molecule has 0 aromatic heterocycles. The Bertz CT molecular complexity index is 754. The first-order chi connectivity index (χ1) is 13.2. The molecular weight excluding hydrogens is 342 g/mol. The van der Waals surface area contributed by atoms with Crippen LogP contribution in [0.3, 0.4) is 0 Å². The Hall–Kier alpha value is -2.66. The summed E-state index contributed by atoms with van der Waals surface area (Å²) in [6, 6.07) is 18.9. The van der Waals surface area contributed by atoms with Gasteiger partial charge in [-0.2, -0.15) is 0 Å². The van der Waals surface area contributed by atoms with Gasteiger partial charge in [-0.25, -0.2) is 0 Å². The molecule has 2 atom stereocenters. The summed E-state index contributed by atoms with van der Waals surface area (Å²) >= 11 is 0. The molecule has 5 heteroatoms. The van der Waals surface area contributed by atoms with Gasteiger partial charge >= 0.3 is 0 Å². The van der Waals surface area contributed by atoms with Crippen LogP contribution in [0.4, 0.5) is 0 Å². The first kappa shape index (κ1) is 17.7. The summed E-state index contributed by atoms with van der Waals surface area (Å²) in [6.07, 6.45) is 0. The topological polar surface area (TPSA) is 69.7 Å². The van der Waals surface area contributed by atoms with Crippen LogP contribution in [-0.4, -0.2) is 43.1 Å². The number of aliphatic carboxylic acids is 1. The third-order valence-electron chi connectivity index (χ3n) is 5.80. The second kappa shape index (κ2) is 7.53. The van der Waals surface area contributed by atoms with Crippen LogP contribution in [0.2, 0.25) is 0 Å². The molecule has 4 rings (SSSR count). The molecule has 2 aromatic carbocycles. The number of carbonyl (C=O) groups excluding carboxylic acids is 2. The summed E-state index contributed by atoms with van der Waals surface area (Å²) in [6.45, 7) is 2.14. The minimum atomic E-state index is -1.09. The highest BCUT2D eigenvalue weighted by Gasteiger charge is 2.56. The monoisotopic (exact) mass is 364 g/mol. The molecule has 1 saturated heterocycles. The molecule has 2 fully saturated rings. The number of ether oxygens (including phenoxy) is 1. The lowest BCUT2D eigenvalue weighted by molar-refractivity contribution is -0.317. The standard InChI is InChI=1S/C22H23NO4/c24-21(23-11-13-27-14-12-23)19-17(15-7-3-1-4-8-15)20(22(25)26)18(19)16-9-5-2-6-10-16/h1-10,17-20H,11-14H2,(H,25,26)/p-1/t17-,18-,19?,20?/m0/s1. The molecular formula is C22H22NO4-. The molecule has 0 bridgehead atoms. The Kier molecular flexibility index (Phi) is 4.94. The van der Waals surface area contributed by atoms with E-state index >= 15 is 0 Å². The van der Waals surface area contributed by atoms with Crippen LogP contribution >= 0.6 is 0 Å². The zero-order valence-electron chi connectivity index (χ0n) is 15.0. The lowest BCUT2D eigenvalue weighted by Crippen LogP contribution is -2.58. The summed E-state index contributed by atoms with van der Waals surface area (Å²) in [5, 5.41) is 12.0. The predicted molar refractivity (Wildman–Crippen MR) is 97.8 cm³/mol. The van der Waals surface area contributed by atoms with Crippen molar-refractivity contribution in [3.8, 4) is 0 Å². The quantitative estimate of drug-likeness (QED) is 0.823. The van der Waals surface area contributed by atoms with Gasteiger partial charge in [-0.05, 0) is 11.1 Å². The van der Waals surface area contributed by atoms with E-state index in [4.69, 9.17) is 4.74 Å². The fourth-order valence-corrected chi connectivity index (χ4v) is 4.52. The van der Waals surface area contributed by atoms with E-state index in [1.165, 1.54) is 0 Å². The van der Waals surface area contributed by atoms with Gasteiger partial charge in [0.1, 0.15) is 0 Å². The van der Waals surface area contributed by atoms with Crippen molar-refractivity contribution in [3.63, 3.8) is 0 Å². The number of carboxylic acid groups (broad SMARTS) is 1. The lowest BCUT2D eigenvalue weighted by Gasteiger charge is -2.53. The molecule has 2 aliphatic rings. The molecule has 27 heavy (non-hydrogen) atoms. The number of benzene rings is 2. The predicted octanol–water partition coefficient (Wildman–Crippen LogP) is 1.41. The summed E-state index contributed by atoms with van der Waals surface area (Å²) in [5.41, 5.74) is 1.76. The fraction of sp³-hybridized carbons (Fsp3) is 0.364. The van der Waals surface area contributed by atoms with Crippen LogP contribution in [0.25, 0.3) is 0 Å². The van der Waals surface area contributed by atoms with Crippen molar-refractivity contribution in [2.45, 2.75) is 11.8 Å². The molecule has 140 valence electrons. The maximum absolute atomic E-state index is 13.4. The minimum Gasteiger partial charge on any atom is -0.550 e. The van der Waals surface area contributed by atoms with Crippen molar-refractivity contribution >= 4 is 11.9 Å². The van der Waals surface area contributed by atoms with Crippen LogP contribution in [0, 0.1) is 11.8 Å². The molecule has 0 radical (unpaired) electrons. The zero-order valence-corrected chi connectivity index (χ0v) is 15.0. The highest BCUT2D eigenvalue weighted by molar-refractivity contribution is 5.87. The van der Waals surface area contributed by atoms with Crippen LogP contribution in [0.15, 0.2) is 60.7 Å². The van der Waals surface area contributed by atoms with E-state index in [2.05, 4.69) is 0 Å². The van der Waals surface area contributed by atoms with Crippen LogP contribution < -0.4 is 5.11 Å². The highest BCUT2D eigenvalue weighted by Crippen LogP contribution is 2.57. The molecule has 5 nitrogen and oxygen atoms in total. The van der Waals surface area contributed by atoms with Crippen molar-refractivity contribution in [1.29, 1.82) is 0 Å². The summed E-state index contributed by atoms with van der Waals surface area (Å²) in [5.74, 6) is -2.96. The van der Waals surface area contributed by atoms with Gasteiger partial charge in [-0.1, -0.05) is 60.7 Å². The van der Waals surface area contributed by atoms with Crippen molar-refractivity contribution in [2.24, 2.45) is 11.8 Å². The molecule has 1 saturated carbocycles. The number of carbonyl (C=O) groups is 2. The molecule has 1 aliphatic carbocycles. The molecule has 0 N–H and O–H groups in total.